The molecule has 18 heavy (non-hydrogen) atoms. The molecule has 0 saturated heterocycles. The van der Waals surface area contributed by atoms with Gasteiger partial charge in [0.2, 0.25) is 0 Å². The molecule has 0 amide bonds. The zero-order valence-electron chi connectivity index (χ0n) is 9.68. The van der Waals surface area contributed by atoms with E-state index in [4.69, 9.17) is 8.83 Å². The smallest absolute Gasteiger partial charge is 0.170 e. The molecule has 2 aromatic heterocycles. The lowest BCUT2D eigenvalue weighted by Gasteiger charge is -2.02. The average molecular weight is 246 g/mol. The number of hydrogen-bond donors (Lipinski definition) is 1. The van der Waals surface area contributed by atoms with Crippen molar-refractivity contribution < 1.29 is 18.3 Å². The molecule has 3 aromatic rings. The van der Waals surface area contributed by atoms with Crippen LogP contribution in [0.4, 0.5) is 4.39 Å². The topological polar surface area (TPSA) is 46.5 Å². The van der Waals surface area contributed by atoms with E-state index in [1.807, 2.05) is 0 Å². The zero-order valence-corrected chi connectivity index (χ0v) is 9.68. The van der Waals surface area contributed by atoms with Crippen LogP contribution in [0.3, 0.4) is 0 Å². The maximum Gasteiger partial charge on any atom is 0.170 e. The van der Waals surface area contributed by atoms with Crippen molar-refractivity contribution in [1.29, 1.82) is 0 Å². The largest absolute Gasteiger partial charge is 0.469 e. The maximum absolute atomic E-state index is 13.5. The Morgan fingerprint density at radius 3 is 2.78 bits per heavy atom. The minimum absolute atomic E-state index is 0.159. The summed E-state index contributed by atoms with van der Waals surface area (Å²) in [5.41, 5.74) is 0.749. The number of aryl methyl sites for hydroxylation is 1. The number of aliphatic hydroxyl groups excluding tert-OH is 1. The average Bonchev–Trinajstić information content (AvgIpc) is 2.95. The standard InChI is InChI=1S/C14H11FO3/c1-8-5-10(7-17-8)13(16)12-6-9-3-2-4-11(15)14(9)18-12/h2-7,13,16H,1H3. The van der Waals surface area contributed by atoms with Crippen LogP contribution >= 0.6 is 0 Å². The Morgan fingerprint density at radius 1 is 1.28 bits per heavy atom. The molecule has 3 rings (SSSR count). The Balaban J connectivity index is 2.06. The number of rotatable bonds is 2. The van der Waals surface area contributed by atoms with Crippen LogP contribution in [0.15, 0.2) is 45.4 Å². The zero-order chi connectivity index (χ0) is 12.7. The highest BCUT2D eigenvalue weighted by atomic mass is 19.1. The second-order valence-corrected chi connectivity index (χ2v) is 4.20. The minimum Gasteiger partial charge on any atom is -0.469 e. The fourth-order valence-electron chi connectivity index (χ4n) is 1.95. The molecule has 0 spiro atoms. The molecule has 1 atom stereocenters. The van der Waals surface area contributed by atoms with Crippen molar-refractivity contribution in [1.82, 2.24) is 0 Å². The monoisotopic (exact) mass is 246 g/mol. The molecule has 0 fully saturated rings. The summed E-state index contributed by atoms with van der Waals surface area (Å²) in [5.74, 6) is 0.566. The van der Waals surface area contributed by atoms with Crippen molar-refractivity contribution >= 4 is 11.0 Å². The number of halogens is 1. The third-order valence-electron chi connectivity index (χ3n) is 2.85. The number of aliphatic hydroxyl groups is 1. The summed E-state index contributed by atoms with van der Waals surface area (Å²) in [6.07, 6.45) is 0.512. The third kappa shape index (κ3) is 1.71. The van der Waals surface area contributed by atoms with Gasteiger partial charge in [-0.05, 0) is 25.1 Å². The maximum atomic E-state index is 13.5. The second kappa shape index (κ2) is 3.99. The first-order valence-corrected chi connectivity index (χ1v) is 5.56. The van der Waals surface area contributed by atoms with E-state index in [0.29, 0.717) is 22.5 Å². The second-order valence-electron chi connectivity index (χ2n) is 4.20. The van der Waals surface area contributed by atoms with Crippen molar-refractivity contribution in [2.24, 2.45) is 0 Å². The lowest BCUT2D eigenvalue weighted by atomic mass is 10.1. The van der Waals surface area contributed by atoms with Crippen LogP contribution in [-0.4, -0.2) is 5.11 Å². The third-order valence-corrected chi connectivity index (χ3v) is 2.85. The van der Waals surface area contributed by atoms with Gasteiger partial charge < -0.3 is 13.9 Å². The van der Waals surface area contributed by atoms with Crippen molar-refractivity contribution in [2.75, 3.05) is 0 Å². The van der Waals surface area contributed by atoms with Gasteiger partial charge in [0.25, 0.3) is 0 Å². The molecule has 1 N–H and O–H groups in total. The number of benzene rings is 1. The summed E-state index contributed by atoms with van der Waals surface area (Å²) in [5, 5.41) is 10.7. The van der Waals surface area contributed by atoms with E-state index in [-0.39, 0.29) is 5.58 Å². The van der Waals surface area contributed by atoms with Crippen molar-refractivity contribution in [3.05, 3.63) is 59.5 Å². The minimum atomic E-state index is -0.950. The Hall–Kier alpha value is -2.07. The van der Waals surface area contributed by atoms with Crippen LogP contribution in [0.1, 0.15) is 23.2 Å². The van der Waals surface area contributed by atoms with Gasteiger partial charge in [0.05, 0.1) is 6.26 Å². The van der Waals surface area contributed by atoms with Crippen LogP contribution in [0, 0.1) is 12.7 Å². The fraction of sp³-hybridized carbons (Fsp3) is 0.143. The lowest BCUT2D eigenvalue weighted by molar-refractivity contribution is 0.191. The first kappa shape index (κ1) is 11.0. The van der Waals surface area contributed by atoms with E-state index in [1.54, 1.807) is 31.2 Å². The summed E-state index contributed by atoms with van der Waals surface area (Å²) in [6, 6.07) is 8.01. The Morgan fingerprint density at radius 2 is 2.11 bits per heavy atom. The first-order chi connectivity index (χ1) is 8.65. The Labute approximate surface area is 102 Å². The molecule has 2 heterocycles. The van der Waals surface area contributed by atoms with Gasteiger partial charge in [-0.3, -0.25) is 0 Å². The van der Waals surface area contributed by atoms with Crippen molar-refractivity contribution in [2.45, 2.75) is 13.0 Å². The van der Waals surface area contributed by atoms with E-state index in [2.05, 4.69) is 0 Å². The molecule has 92 valence electrons. The summed E-state index contributed by atoms with van der Waals surface area (Å²) in [7, 11) is 0. The van der Waals surface area contributed by atoms with Crippen molar-refractivity contribution in [3.63, 3.8) is 0 Å². The molecule has 4 heteroatoms. The highest BCUT2D eigenvalue weighted by Gasteiger charge is 2.18. The van der Waals surface area contributed by atoms with Crippen molar-refractivity contribution in [3.8, 4) is 0 Å². The number of para-hydroxylation sites is 1. The van der Waals surface area contributed by atoms with Gasteiger partial charge in [0.1, 0.15) is 17.6 Å². The highest BCUT2D eigenvalue weighted by molar-refractivity contribution is 5.78. The number of fused-ring (bicyclic) bond motifs is 1. The Bertz CT molecular complexity index is 696. The lowest BCUT2D eigenvalue weighted by Crippen LogP contribution is -1.95. The van der Waals surface area contributed by atoms with Crippen LogP contribution in [-0.2, 0) is 0 Å². The van der Waals surface area contributed by atoms with Crippen LogP contribution in [0.2, 0.25) is 0 Å². The van der Waals surface area contributed by atoms with Gasteiger partial charge in [-0.25, -0.2) is 4.39 Å². The van der Waals surface area contributed by atoms with E-state index in [0.717, 1.165) is 0 Å². The quantitative estimate of drug-likeness (QED) is 0.752. The van der Waals surface area contributed by atoms with Crippen LogP contribution < -0.4 is 0 Å². The molecule has 0 aliphatic carbocycles. The van der Waals surface area contributed by atoms with Crippen LogP contribution in [0.25, 0.3) is 11.0 Å². The summed E-state index contributed by atoms with van der Waals surface area (Å²) < 4.78 is 24.0. The molecule has 1 unspecified atom stereocenters. The fourth-order valence-corrected chi connectivity index (χ4v) is 1.95. The molecule has 0 aliphatic rings. The van der Waals surface area contributed by atoms with E-state index >= 15 is 0 Å². The summed E-state index contributed by atoms with van der Waals surface area (Å²) in [6.45, 7) is 1.79. The first-order valence-electron chi connectivity index (χ1n) is 5.56. The van der Waals surface area contributed by atoms with Crippen LogP contribution in [0.5, 0.6) is 0 Å². The van der Waals surface area contributed by atoms with E-state index in [1.165, 1.54) is 12.3 Å². The van der Waals surface area contributed by atoms with Gasteiger partial charge in [-0.2, -0.15) is 0 Å². The SMILES string of the molecule is Cc1cc(C(O)c2cc3cccc(F)c3o2)co1. The highest BCUT2D eigenvalue weighted by Crippen LogP contribution is 2.30. The Kier molecular flexibility index (Phi) is 2.45. The van der Waals surface area contributed by atoms with Gasteiger partial charge in [0.15, 0.2) is 11.4 Å². The molecule has 0 radical (unpaired) electrons. The van der Waals surface area contributed by atoms with Gasteiger partial charge >= 0.3 is 0 Å². The predicted octanol–water partition coefficient (Wildman–Crippen LogP) is 3.56. The molecule has 0 saturated carbocycles. The van der Waals surface area contributed by atoms with E-state index < -0.39 is 11.9 Å². The molecular formula is C14H11FO3. The number of furan rings is 2. The van der Waals surface area contributed by atoms with Gasteiger partial charge in [0, 0.05) is 10.9 Å². The molecule has 0 bridgehead atoms. The van der Waals surface area contributed by atoms with Gasteiger partial charge in [-0.1, -0.05) is 12.1 Å². The molecular weight excluding hydrogens is 235 g/mol. The molecule has 3 nitrogen and oxygen atoms in total. The molecule has 1 aromatic carbocycles. The van der Waals surface area contributed by atoms with Gasteiger partial charge in [-0.15, -0.1) is 0 Å². The normalized spacial score (nSPS) is 13.1. The molecule has 0 aliphatic heterocycles. The van der Waals surface area contributed by atoms with E-state index in [9.17, 15) is 9.50 Å². The summed E-state index contributed by atoms with van der Waals surface area (Å²) in [4.78, 5) is 0. The summed E-state index contributed by atoms with van der Waals surface area (Å²) >= 11 is 0. The number of hydrogen-bond acceptors (Lipinski definition) is 3. The predicted molar refractivity (Wildman–Crippen MR) is 63.7 cm³/mol.